The lowest BCUT2D eigenvalue weighted by Crippen LogP contribution is -2.21. The van der Waals surface area contributed by atoms with Crippen LogP contribution < -0.4 is 20.1 Å². The van der Waals surface area contributed by atoms with Gasteiger partial charge in [0.25, 0.3) is 0 Å². The van der Waals surface area contributed by atoms with Gasteiger partial charge in [0.1, 0.15) is 0 Å². The monoisotopic (exact) mass is 424 g/mol. The quantitative estimate of drug-likeness (QED) is 0.738. The fourth-order valence-corrected chi connectivity index (χ4v) is 2.56. The van der Waals surface area contributed by atoms with Crippen molar-refractivity contribution < 1.29 is 14.3 Å². The topological polar surface area (TPSA) is 59.6 Å². The first-order valence-electron chi connectivity index (χ1n) is 7.40. The van der Waals surface area contributed by atoms with E-state index in [2.05, 4.69) is 33.2 Å². The van der Waals surface area contributed by atoms with Gasteiger partial charge in [0.15, 0.2) is 11.5 Å². The predicted molar refractivity (Wildman–Crippen MR) is 98.3 cm³/mol. The van der Waals surface area contributed by atoms with Crippen LogP contribution in [0.2, 0.25) is 0 Å². The van der Waals surface area contributed by atoms with Gasteiger partial charge in [-0.15, -0.1) is 0 Å². The van der Waals surface area contributed by atoms with Crippen LogP contribution >= 0.6 is 22.6 Å². The Morgan fingerprint density at radius 1 is 1.00 bits per heavy atom. The fourth-order valence-electron chi connectivity index (χ4n) is 2.20. The van der Waals surface area contributed by atoms with Crippen LogP contribution in [0.5, 0.6) is 11.5 Å². The number of nitrogens with one attached hydrogen (secondary N) is 2. The fraction of sp³-hybridized carbons (Fsp3) is 0.235. The van der Waals surface area contributed by atoms with Gasteiger partial charge >= 0.3 is 0 Å². The maximum atomic E-state index is 12.0. The van der Waals surface area contributed by atoms with E-state index in [-0.39, 0.29) is 12.5 Å². The third-order valence-corrected chi connectivity index (χ3v) is 4.05. The second-order valence-corrected chi connectivity index (χ2v) is 6.37. The number of ether oxygens (including phenoxy) is 2. The number of hydrogen-bond acceptors (Lipinski definition) is 4. The molecule has 1 amide bonds. The maximum Gasteiger partial charge on any atom is 0.243 e. The number of fused-ring (bicyclic) bond motifs is 1. The molecule has 0 spiro atoms. The molecule has 0 fully saturated rings. The van der Waals surface area contributed by atoms with Gasteiger partial charge in [-0.1, -0.05) is 0 Å². The van der Waals surface area contributed by atoms with Crippen molar-refractivity contribution in [1.82, 2.24) is 0 Å². The van der Waals surface area contributed by atoms with Crippen LogP contribution in [-0.2, 0) is 4.79 Å². The molecule has 1 heterocycles. The average molecular weight is 424 g/mol. The van der Waals surface area contributed by atoms with Crippen molar-refractivity contribution in [1.29, 1.82) is 0 Å². The zero-order valence-electron chi connectivity index (χ0n) is 12.5. The number of benzene rings is 2. The minimum absolute atomic E-state index is 0.113. The van der Waals surface area contributed by atoms with E-state index in [1.54, 1.807) is 6.07 Å². The van der Waals surface area contributed by atoms with Crippen molar-refractivity contribution >= 4 is 39.9 Å². The van der Waals surface area contributed by atoms with Gasteiger partial charge in [0.2, 0.25) is 5.91 Å². The Morgan fingerprint density at radius 3 is 2.48 bits per heavy atom. The summed E-state index contributed by atoms with van der Waals surface area (Å²) >= 11 is 2.24. The Balaban J connectivity index is 1.57. The number of amides is 1. The molecule has 1 aliphatic rings. The predicted octanol–water partition coefficient (Wildman–Crippen LogP) is 3.50. The van der Waals surface area contributed by atoms with Crippen molar-refractivity contribution in [2.24, 2.45) is 0 Å². The normalized spacial score (nSPS) is 13.1. The highest BCUT2D eigenvalue weighted by molar-refractivity contribution is 14.1. The Hall–Kier alpha value is -1.96. The van der Waals surface area contributed by atoms with Gasteiger partial charge in [-0.2, -0.15) is 0 Å². The summed E-state index contributed by atoms with van der Waals surface area (Å²) in [6, 6.07) is 13.3. The van der Waals surface area contributed by atoms with Gasteiger partial charge in [-0.3, -0.25) is 4.79 Å². The summed E-state index contributed by atoms with van der Waals surface area (Å²) in [5.74, 6) is 1.28. The van der Waals surface area contributed by atoms with E-state index < -0.39 is 0 Å². The SMILES string of the molecule is O=C(CNc1ccc(I)cc1)Nc1ccc2c(c1)OCCCO2. The molecule has 2 aromatic carbocycles. The second kappa shape index (κ2) is 7.54. The largest absolute Gasteiger partial charge is 0.490 e. The lowest BCUT2D eigenvalue weighted by molar-refractivity contribution is -0.114. The Morgan fingerprint density at radius 2 is 1.70 bits per heavy atom. The van der Waals surface area contributed by atoms with Crippen molar-refractivity contribution in [2.75, 3.05) is 30.4 Å². The van der Waals surface area contributed by atoms with Crippen LogP contribution in [0.3, 0.4) is 0 Å². The number of carbonyl (C=O) groups is 1. The molecule has 1 aliphatic heterocycles. The van der Waals surface area contributed by atoms with Gasteiger partial charge < -0.3 is 20.1 Å². The molecular formula is C17H17IN2O3. The summed E-state index contributed by atoms with van der Waals surface area (Å²) < 4.78 is 12.3. The summed E-state index contributed by atoms with van der Waals surface area (Å²) in [5.41, 5.74) is 1.61. The molecule has 120 valence electrons. The summed E-state index contributed by atoms with van der Waals surface area (Å²) in [7, 11) is 0. The molecule has 0 saturated carbocycles. The van der Waals surface area contributed by atoms with Gasteiger partial charge in [0, 0.05) is 27.4 Å². The first-order chi connectivity index (χ1) is 11.2. The summed E-state index contributed by atoms with van der Waals surface area (Å²) in [6.45, 7) is 1.48. The highest BCUT2D eigenvalue weighted by Gasteiger charge is 2.11. The molecular weight excluding hydrogens is 407 g/mol. The van der Waals surface area contributed by atoms with E-state index in [9.17, 15) is 4.79 Å². The molecule has 5 nitrogen and oxygen atoms in total. The van der Waals surface area contributed by atoms with Crippen LogP contribution in [0.25, 0.3) is 0 Å². The Bertz CT molecular complexity index is 689. The number of halogens is 1. The minimum atomic E-state index is -0.113. The van der Waals surface area contributed by atoms with Crippen LogP contribution in [-0.4, -0.2) is 25.7 Å². The first kappa shape index (κ1) is 15.9. The zero-order chi connectivity index (χ0) is 16.1. The smallest absolute Gasteiger partial charge is 0.243 e. The van der Waals surface area contributed by atoms with Crippen molar-refractivity contribution in [2.45, 2.75) is 6.42 Å². The number of carbonyl (C=O) groups excluding carboxylic acids is 1. The van der Waals surface area contributed by atoms with Crippen molar-refractivity contribution in [3.05, 3.63) is 46.0 Å². The van der Waals surface area contributed by atoms with Crippen LogP contribution in [0.4, 0.5) is 11.4 Å². The van der Waals surface area contributed by atoms with Crippen LogP contribution in [0, 0.1) is 3.57 Å². The second-order valence-electron chi connectivity index (χ2n) is 5.12. The molecule has 0 aliphatic carbocycles. The molecule has 2 N–H and O–H groups in total. The number of rotatable bonds is 4. The molecule has 6 heteroatoms. The Labute approximate surface area is 148 Å². The molecule has 0 atom stereocenters. The first-order valence-corrected chi connectivity index (χ1v) is 8.47. The zero-order valence-corrected chi connectivity index (χ0v) is 14.6. The van der Waals surface area contributed by atoms with E-state index in [4.69, 9.17) is 9.47 Å². The molecule has 0 radical (unpaired) electrons. The molecule has 23 heavy (non-hydrogen) atoms. The third-order valence-electron chi connectivity index (χ3n) is 3.33. The highest BCUT2D eigenvalue weighted by atomic mass is 127. The van der Waals surface area contributed by atoms with Gasteiger partial charge in [-0.05, 0) is 59.0 Å². The number of anilines is 2. The summed E-state index contributed by atoms with van der Waals surface area (Å²) in [5, 5.41) is 5.95. The summed E-state index contributed by atoms with van der Waals surface area (Å²) in [4.78, 5) is 12.0. The molecule has 0 bridgehead atoms. The van der Waals surface area contributed by atoms with Gasteiger partial charge in [-0.25, -0.2) is 0 Å². The molecule has 3 rings (SSSR count). The Kier molecular flexibility index (Phi) is 5.22. The lowest BCUT2D eigenvalue weighted by atomic mass is 10.2. The van der Waals surface area contributed by atoms with E-state index in [0.717, 1.165) is 21.4 Å². The van der Waals surface area contributed by atoms with E-state index in [1.807, 2.05) is 36.4 Å². The van der Waals surface area contributed by atoms with Crippen LogP contribution in [0.15, 0.2) is 42.5 Å². The van der Waals surface area contributed by atoms with Crippen molar-refractivity contribution in [3.63, 3.8) is 0 Å². The summed E-state index contributed by atoms with van der Waals surface area (Å²) in [6.07, 6.45) is 0.857. The third kappa shape index (κ3) is 4.51. The molecule has 2 aromatic rings. The molecule has 0 saturated heterocycles. The van der Waals surface area contributed by atoms with E-state index >= 15 is 0 Å². The maximum absolute atomic E-state index is 12.0. The van der Waals surface area contributed by atoms with Gasteiger partial charge in [0.05, 0.1) is 19.8 Å². The van der Waals surface area contributed by atoms with Crippen LogP contribution in [0.1, 0.15) is 6.42 Å². The van der Waals surface area contributed by atoms with E-state index in [0.29, 0.717) is 24.7 Å². The standard InChI is InChI=1S/C17H17IN2O3/c18-12-2-4-13(5-3-12)19-11-17(21)20-14-6-7-15-16(10-14)23-9-1-8-22-15/h2-7,10,19H,1,8-9,11H2,(H,20,21). The average Bonchev–Trinajstić information content (AvgIpc) is 2.79. The molecule has 0 aromatic heterocycles. The number of hydrogen-bond donors (Lipinski definition) is 2. The van der Waals surface area contributed by atoms with Crippen molar-refractivity contribution in [3.8, 4) is 11.5 Å². The van der Waals surface area contributed by atoms with E-state index in [1.165, 1.54) is 0 Å². The molecule has 0 unspecified atom stereocenters. The lowest BCUT2D eigenvalue weighted by Gasteiger charge is -2.11. The highest BCUT2D eigenvalue weighted by Crippen LogP contribution is 2.32. The minimum Gasteiger partial charge on any atom is -0.490 e.